The first-order chi connectivity index (χ1) is 9.60. The molecule has 0 aliphatic carbocycles. The minimum Gasteiger partial charge on any atom is -0.393 e. The molecule has 1 fully saturated rings. The molecule has 1 unspecified atom stereocenters. The Morgan fingerprint density at radius 2 is 1.95 bits per heavy atom. The molecule has 1 aromatic rings. The molecule has 110 valence electrons. The first kappa shape index (κ1) is 14.9. The average molecular weight is 276 g/mol. The first-order valence-electron chi connectivity index (χ1n) is 7.44. The van der Waals surface area contributed by atoms with Gasteiger partial charge in [0.1, 0.15) is 0 Å². The lowest BCUT2D eigenvalue weighted by molar-refractivity contribution is 0.0939. The fourth-order valence-corrected chi connectivity index (χ4v) is 2.36. The van der Waals surface area contributed by atoms with Gasteiger partial charge in [0.25, 0.3) is 5.91 Å². The molecule has 0 bridgehead atoms. The third kappa shape index (κ3) is 3.73. The second-order valence-corrected chi connectivity index (χ2v) is 5.55. The lowest BCUT2D eigenvalue weighted by Crippen LogP contribution is -2.35. The van der Waals surface area contributed by atoms with Gasteiger partial charge in [0.05, 0.1) is 6.10 Å². The molecule has 1 heterocycles. The van der Waals surface area contributed by atoms with E-state index in [1.165, 1.54) is 0 Å². The van der Waals surface area contributed by atoms with Crippen molar-refractivity contribution in [1.29, 1.82) is 0 Å². The maximum atomic E-state index is 12.0. The third-order valence-electron chi connectivity index (χ3n) is 3.95. The summed E-state index contributed by atoms with van der Waals surface area (Å²) >= 11 is 0. The Hall–Kier alpha value is -1.55. The second-order valence-electron chi connectivity index (χ2n) is 5.55. The number of benzene rings is 1. The minimum absolute atomic E-state index is 0.0139. The molecular weight excluding hydrogens is 252 g/mol. The molecule has 2 rings (SSSR count). The number of hydrogen-bond donors (Lipinski definition) is 2. The van der Waals surface area contributed by atoms with Gasteiger partial charge in [-0.15, -0.1) is 0 Å². The van der Waals surface area contributed by atoms with Crippen LogP contribution in [0.3, 0.4) is 0 Å². The number of aliphatic hydroxyl groups is 1. The number of carbonyl (C=O) groups excluding carboxylic acids is 1. The van der Waals surface area contributed by atoms with Gasteiger partial charge in [-0.25, -0.2) is 0 Å². The topological polar surface area (TPSA) is 52.6 Å². The van der Waals surface area contributed by atoms with Crippen LogP contribution in [0.2, 0.25) is 0 Å². The van der Waals surface area contributed by atoms with Crippen molar-refractivity contribution in [2.75, 3.05) is 18.0 Å². The second kappa shape index (κ2) is 6.75. The highest BCUT2D eigenvalue weighted by Crippen LogP contribution is 2.20. The van der Waals surface area contributed by atoms with Crippen LogP contribution in [0.4, 0.5) is 5.69 Å². The SMILES string of the molecule is CCC(C)NC(=O)c1ccc(N2CCC(O)CC2)cc1. The summed E-state index contributed by atoms with van der Waals surface area (Å²) in [6.45, 7) is 5.81. The van der Waals surface area contributed by atoms with Crippen molar-refractivity contribution in [3.05, 3.63) is 29.8 Å². The van der Waals surface area contributed by atoms with Crippen molar-refractivity contribution in [1.82, 2.24) is 5.32 Å². The highest BCUT2D eigenvalue weighted by Gasteiger charge is 2.17. The minimum atomic E-state index is -0.160. The highest BCUT2D eigenvalue weighted by molar-refractivity contribution is 5.94. The van der Waals surface area contributed by atoms with Crippen LogP contribution >= 0.6 is 0 Å². The summed E-state index contributed by atoms with van der Waals surface area (Å²) < 4.78 is 0. The van der Waals surface area contributed by atoms with E-state index < -0.39 is 0 Å². The molecule has 1 saturated heterocycles. The molecule has 4 heteroatoms. The van der Waals surface area contributed by atoms with Gasteiger partial charge in [-0.1, -0.05) is 6.92 Å². The number of rotatable bonds is 4. The largest absolute Gasteiger partial charge is 0.393 e. The Balaban J connectivity index is 1.97. The summed E-state index contributed by atoms with van der Waals surface area (Å²) in [6, 6.07) is 7.92. The summed E-state index contributed by atoms with van der Waals surface area (Å²) in [4.78, 5) is 14.2. The monoisotopic (exact) mass is 276 g/mol. The van der Waals surface area contributed by atoms with Crippen LogP contribution < -0.4 is 10.2 Å². The Bertz CT molecular complexity index is 436. The van der Waals surface area contributed by atoms with Crippen molar-refractivity contribution in [2.45, 2.75) is 45.3 Å². The fraction of sp³-hybridized carbons (Fsp3) is 0.562. The van der Waals surface area contributed by atoms with Crippen LogP contribution in [0.5, 0.6) is 0 Å². The van der Waals surface area contributed by atoms with Gasteiger partial charge < -0.3 is 15.3 Å². The molecule has 1 aliphatic heterocycles. The molecule has 2 N–H and O–H groups in total. The highest BCUT2D eigenvalue weighted by atomic mass is 16.3. The van der Waals surface area contributed by atoms with Crippen molar-refractivity contribution in [3.63, 3.8) is 0 Å². The van der Waals surface area contributed by atoms with Gasteiger partial charge in [0, 0.05) is 30.4 Å². The van der Waals surface area contributed by atoms with E-state index in [0.29, 0.717) is 5.56 Å². The van der Waals surface area contributed by atoms with E-state index in [1.807, 2.05) is 31.2 Å². The molecule has 0 spiro atoms. The predicted octanol–water partition coefficient (Wildman–Crippen LogP) is 2.18. The smallest absolute Gasteiger partial charge is 0.251 e. The lowest BCUT2D eigenvalue weighted by atomic mass is 10.1. The van der Waals surface area contributed by atoms with Gasteiger partial charge in [-0.05, 0) is 50.5 Å². The number of anilines is 1. The lowest BCUT2D eigenvalue weighted by Gasteiger charge is -2.31. The number of carbonyl (C=O) groups is 1. The van der Waals surface area contributed by atoms with E-state index in [9.17, 15) is 9.90 Å². The van der Waals surface area contributed by atoms with Crippen molar-refractivity contribution < 1.29 is 9.90 Å². The average Bonchev–Trinajstić information content (AvgIpc) is 2.48. The molecular formula is C16H24N2O2. The van der Waals surface area contributed by atoms with Crippen molar-refractivity contribution in [3.8, 4) is 0 Å². The molecule has 0 saturated carbocycles. The maximum Gasteiger partial charge on any atom is 0.251 e. The third-order valence-corrected chi connectivity index (χ3v) is 3.95. The molecule has 1 aliphatic rings. The Labute approximate surface area is 120 Å². The van der Waals surface area contributed by atoms with Crippen LogP contribution in [0.25, 0.3) is 0 Å². The molecule has 4 nitrogen and oxygen atoms in total. The molecule has 20 heavy (non-hydrogen) atoms. The van der Waals surface area contributed by atoms with Gasteiger partial charge in [0.15, 0.2) is 0 Å². The number of nitrogens with zero attached hydrogens (tertiary/aromatic N) is 1. The van der Waals surface area contributed by atoms with E-state index in [4.69, 9.17) is 0 Å². The van der Waals surface area contributed by atoms with Crippen molar-refractivity contribution in [2.24, 2.45) is 0 Å². The molecule has 1 atom stereocenters. The predicted molar refractivity (Wildman–Crippen MR) is 81.1 cm³/mol. The molecule has 1 aromatic carbocycles. The van der Waals surface area contributed by atoms with Crippen LogP contribution in [0.15, 0.2) is 24.3 Å². The van der Waals surface area contributed by atoms with E-state index in [0.717, 1.165) is 38.0 Å². The number of nitrogens with one attached hydrogen (secondary N) is 1. The van der Waals surface area contributed by atoms with Gasteiger partial charge in [-0.3, -0.25) is 4.79 Å². The number of aliphatic hydroxyl groups excluding tert-OH is 1. The molecule has 1 amide bonds. The van der Waals surface area contributed by atoms with Gasteiger partial charge >= 0.3 is 0 Å². The van der Waals surface area contributed by atoms with Crippen LogP contribution in [-0.4, -0.2) is 36.2 Å². The summed E-state index contributed by atoms with van der Waals surface area (Å²) in [7, 11) is 0. The summed E-state index contributed by atoms with van der Waals surface area (Å²) in [6.07, 6.45) is 2.40. The Morgan fingerprint density at radius 1 is 1.35 bits per heavy atom. The standard InChI is InChI=1S/C16H24N2O2/c1-3-12(2)17-16(20)13-4-6-14(7-5-13)18-10-8-15(19)9-11-18/h4-7,12,15,19H,3,8-11H2,1-2H3,(H,17,20). The Kier molecular flexibility index (Phi) is 5.01. The number of amides is 1. The van der Waals surface area contributed by atoms with Crippen molar-refractivity contribution >= 4 is 11.6 Å². The first-order valence-corrected chi connectivity index (χ1v) is 7.44. The summed E-state index contributed by atoms with van der Waals surface area (Å²) in [5.74, 6) is -0.0139. The van der Waals surface area contributed by atoms with Gasteiger partial charge in [0.2, 0.25) is 0 Å². The van der Waals surface area contributed by atoms with Crippen LogP contribution in [0.1, 0.15) is 43.5 Å². The zero-order valence-corrected chi connectivity index (χ0v) is 12.3. The number of hydrogen-bond acceptors (Lipinski definition) is 3. The van der Waals surface area contributed by atoms with Crippen LogP contribution in [-0.2, 0) is 0 Å². The van der Waals surface area contributed by atoms with Gasteiger partial charge in [-0.2, -0.15) is 0 Å². The van der Waals surface area contributed by atoms with E-state index >= 15 is 0 Å². The summed E-state index contributed by atoms with van der Waals surface area (Å²) in [5.41, 5.74) is 1.82. The molecule has 0 aromatic heterocycles. The zero-order valence-electron chi connectivity index (χ0n) is 12.3. The quantitative estimate of drug-likeness (QED) is 0.886. The van der Waals surface area contributed by atoms with E-state index in [-0.39, 0.29) is 18.1 Å². The Morgan fingerprint density at radius 3 is 2.50 bits per heavy atom. The molecule has 0 radical (unpaired) electrons. The van der Waals surface area contributed by atoms with E-state index in [2.05, 4.69) is 17.1 Å². The number of piperidine rings is 1. The van der Waals surface area contributed by atoms with E-state index in [1.54, 1.807) is 0 Å². The normalized spacial score (nSPS) is 17.9. The zero-order chi connectivity index (χ0) is 14.5. The fourth-order valence-electron chi connectivity index (χ4n) is 2.36. The van der Waals surface area contributed by atoms with Crippen LogP contribution in [0, 0.1) is 0 Å². The summed E-state index contributed by atoms with van der Waals surface area (Å²) in [5, 5.41) is 12.5. The maximum absolute atomic E-state index is 12.0.